The Balaban J connectivity index is 1.73. The largest absolute Gasteiger partial charge is 0.497 e. The van der Waals surface area contributed by atoms with Crippen molar-refractivity contribution in [2.45, 2.75) is 63.3 Å². The average Bonchev–Trinajstić information content (AvgIpc) is 3.48. The average molecular weight is 370 g/mol. The molecule has 4 nitrogen and oxygen atoms in total. The van der Waals surface area contributed by atoms with E-state index in [-0.39, 0.29) is 12.0 Å². The third-order valence-electron chi connectivity index (χ3n) is 6.85. The van der Waals surface area contributed by atoms with Crippen molar-refractivity contribution in [2.75, 3.05) is 20.2 Å². The van der Waals surface area contributed by atoms with E-state index in [0.717, 1.165) is 50.3 Å². The number of methoxy groups -OCH3 is 1. The van der Waals surface area contributed by atoms with Crippen LogP contribution in [0.25, 0.3) is 0 Å². The van der Waals surface area contributed by atoms with Crippen LogP contribution in [0.4, 0.5) is 0 Å². The van der Waals surface area contributed by atoms with Gasteiger partial charge in [0.05, 0.1) is 7.11 Å². The predicted octanol–water partition coefficient (Wildman–Crippen LogP) is 3.76. The Hall–Kier alpha value is -1.68. The molecule has 3 aliphatic rings. The first-order valence-corrected chi connectivity index (χ1v) is 10.5. The monoisotopic (exact) mass is 369 g/mol. The molecule has 27 heavy (non-hydrogen) atoms. The number of nitrogens with zero attached hydrogens (tertiary/aromatic N) is 1. The summed E-state index contributed by atoms with van der Waals surface area (Å²) in [6, 6.07) is 6.66. The van der Waals surface area contributed by atoms with Gasteiger partial charge in [0.15, 0.2) is 0 Å². The van der Waals surface area contributed by atoms with E-state index < -0.39 is 0 Å². The Morgan fingerprint density at radius 1 is 1.19 bits per heavy atom. The van der Waals surface area contributed by atoms with E-state index in [1.807, 2.05) is 6.07 Å². The van der Waals surface area contributed by atoms with E-state index >= 15 is 0 Å². The SMILES string of the molecule is COc1ccc2c(c1)[C@@H]1CCN(CC3CC3)[C@@H](CC=O)[C@@H](CCC(=O)C1)C2. The van der Waals surface area contributed by atoms with Crippen LogP contribution in [0, 0.1) is 11.8 Å². The third-order valence-corrected chi connectivity index (χ3v) is 6.85. The molecule has 1 aromatic rings. The molecule has 1 heterocycles. The molecule has 1 aliphatic heterocycles. The third kappa shape index (κ3) is 4.26. The van der Waals surface area contributed by atoms with Crippen molar-refractivity contribution in [1.29, 1.82) is 0 Å². The van der Waals surface area contributed by atoms with Gasteiger partial charge in [-0.2, -0.15) is 0 Å². The summed E-state index contributed by atoms with van der Waals surface area (Å²) in [4.78, 5) is 26.7. The second-order valence-electron chi connectivity index (χ2n) is 8.70. The van der Waals surface area contributed by atoms with Crippen molar-refractivity contribution in [3.8, 4) is 5.75 Å². The van der Waals surface area contributed by atoms with Gasteiger partial charge in [0.25, 0.3) is 0 Å². The summed E-state index contributed by atoms with van der Waals surface area (Å²) in [5.74, 6) is 2.69. The molecule has 0 amide bonds. The number of ketones is 1. The van der Waals surface area contributed by atoms with Gasteiger partial charge in [-0.25, -0.2) is 0 Å². The van der Waals surface area contributed by atoms with Crippen LogP contribution in [0.1, 0.15) is 62.0 Å². The number of aldehydes is 1. The van der Waals surface area contributed by atoms with Gasteiger partial charge in [0.2, 0.25) is 0 Å². The summed E-state index contributed by atoms with van der Waals surface area (Å²) in [6.07, 6.45) is 8.47. The molecule has 4 rings (SSSR count). The number of carbonyl (C=O) groups excluding carboxylic acids is 2. The lowest BCUT2D eigenvalue weighted by Crippen LogP contribution is -2.44. The maximum atomic E-state index is 12.6. The summed E-state index contributed by atoms with van der Waals surface area (Å²) in [6.45, 7) is 2.11. The van der Waals surface area contributed by atoms with Gasteiger partial charge in [0.1, 0.15) is 17.8 Å². The fourth-order valence-electron chi connectivity index (χ4n) is 5.15. The zero-order valence-corrected chi connectivity index (χ0v) is 16.4. The van der Waals surface area contributed by atoms with E-state index in [9.17, 15) is 9.59 Å². The highest BCUT2D eigenvalue weighted by molar-refractivity contribution is 5.79. The highest BCUT2D eigenvalue weighted by Crippen LogP contribution is 2.39. The molecule has 0 N–H and O–H groups in total. The van der Waals surface area contributed by atoms with Gasteiger partial charge >= 0.3 is 0 Å². The van der Waals surface area contributed by atoms with Crippen LogP contribution in [-0.4, -0.2) is 43.2 Å². The molecular formula is C23H31NO3. The first kappa shape index (κ1) is 18.7. The summed E-state index contributed by atoms with van der Waals surface area (Å²) in [7, 11) is 1.70. The number of benzene rings is 1. The molecule has 0 saturated heterocycles. The molecule has 1 aromatic carbocycles. The van der Waals surface area contributed by atoms with Gasteiger partial charge in [-0.15, -0.1) is 0 Å². The smallest absolute Gasteiger partial charge is 0.133 e. The van der Waals surface area contributed by atoms with Crippen molar-refractivity contribution in [2.24, 2.45) is 11.8 Å². The molecule has 1 saturated carbocycles. The maximum Gasteiger partial charge on any atom is 0.133 e. The minimum Gasteiger partial charge on any atom is -0.497 e. The second-order valence-corrected chi connectivity index (χ2v) is 8.70. The quantitative estimate of drug-likeness (QED) is 0.742. The van der Waals surface area contributed by atoms with Gasteiger partial charge in [-0.05, 0) is 79.7 Å². The second kappa shape index (κ2) is 8.14. The molecule has 0 radical (unpaired) electrons. The summed E-state index contributed by atoms with van der Waals surface area (Å²) >= 11 is 0. The van der Waals surface area contributed by atoms with Gasteiger partial charge in [0, 0.05) is 31.8 Å². The van der Waals surface area contributed by atoms with Crippen LogP contribution < -0.4 is 4.74 Å². The van der Waals surface area contributed by atoms with Gasteiger partial charge in [-0.3, -0.25) is 9.69 Å². The van der Waals surface area contributed by atoms with E-state index in [1.54, 1.807) is 7.11 Å². The standard InChI is InChI=1S/C23H31NO3/c1-27-21-7-5-17-12-19-4-6-20(26)13-18(22(17)14-21)8-10-24(15-16-2-3-16)23(19)9-11-25/h5,7,11,14,16,18-19,23H,2-4,6,8-10,12-13,15H2,1H3/t18-,19+,23+/m1/s1. The lowest BCUT2D eigenvalue weighted by molar-refractivity contribution is -0.120. The number of rotatable bonds is 5. The molecule has 2 bridgehead atoms. The van der Waals surface area contributed by atoms with Crippen molar-refractivity contribution in [1.82, 2.24) is 4.90 Å². The lowest BCUT2D eigenvalue weighted by Gasteiger charge is -2.37. The zero-order chi connectivity index (χ0) is 18.8. The van der Waals surface area contributed by atoms with E-state index in [1.165, 1.54) is 24.0 Å². The highest BCUT2D eigenvalue weighted by Gasteiger charge is 2.36. The van der Waals surface area contributed by atoms with Crippen LogP contribution in [0.3, 0.4) is 0 Å². The molecule has 0 spiro atoms. The topological polar surface area (TPSA) is 46.6 Å². The Morgan fingerprint density at radius 2 is 2.04 bits per heavy atom. The van der Waals surface area contributed by atoms with Crippen LogP contribution in [-0.2, 0) is 16.0 Å². The molecular weight excluding hydrogens is 338 g/mol. The lowest BCUT2D eigenvalue weighted by atomic mass is 9.84. The molecule has 3 atom stereocenters. The molecule has 4 heteroatoms. The molecule has 1 fully saturated rings. The highest BCUT2D eigenvalue weighted by atomic mass is 16.5. The first-order chi connectivity index (χ1) is 13.2. The summed E-state index contributed by atoms with van der Waals surface area (Å²) in [5, 5.41) is 0. The first-order valence-electron chi connectivity index (χ1n) is 10.5. The zero-order valence-electron chi connectivity index (χ0n) is 16.4. The molecule has 2 aliphatic carbocycles. The van der Waals surface area contributed by atoms with Crippen molar-refractivity contribution in [3.63, 3.8) is 0 Å². The van der Waals surface area contributed by atoms with E-state index in [2.05, 4.69) is 17.0 Å². The van der Waals surface area contributed by atoms with Crippen molar-refractivity contribution in [3.05, 3.63) is 29.3 Å². The predicted molar refractivity (Wildman–Crippen MR) is 105 cm³/mol. The van der Waals surface area contributed by atoms with Crippen LogP contribution >= 0.6 is 0 Å². The number of Topliss-reactive ketones (excluding diaryl/α,β-unsaturated/α-hetero) is 1. The van der Waals surface area contributed by atoms with Crippen LogP contribution in [0.5, 0.6) is 5.75 Å². The van der Waals surface area contributed by atoms with Gasteiger partial charge < -0.3 is 9.53 Å². The Labute approximate surface area is 162 Å². The minimum absolute atomic E-state index is 0.262. The van der Waals surface area contributed by atoms with Crippen molar-refractivity contribution < 1.29 is 14.3 Å². The number of hydrogen-bond donors (Lipinski definition) is 0. The Morgan fingerprint density at radius 3 is 2.78 bits per heavy atom. The minimum atomic E-state index is 0.262. The van der Waals surface area contributed by atoms with E-state index in [4.69, 9.17) is 4.74 Å². The Kier molecular flexibility index (Phi) is 5.63. The number of ether oxygens (including phenoxy) is 1. The summed E-state index contributed by atoms with van der Waals surface area (Å²) in [5.41, 5.74) is 2.65. The summed E-state index contributed by atoms with van der Waals surface area (Å²) < 4.78 is 5.48. The normalized spacial score (nSPS) is 29.1. The Bertz CT molecular complexity index is 697. The van der Waals surface area contributed by atoms with Crippen LogP contribution in [0.15, 0.2) is 18.2 Å². The number of fused-ring (bicyclic) bond motifs is 1. The number of carbonyl (C=O) groups is 2. The fourth-order valence-corrected chi connectivity index (χ4v) is 5.15. The maximum absolute atomic E-state index is 12.6. The number of hydrogen-bond acceptors (Lipinski definition) is 4. The van der Waals surface area contributed by atoms with Crippen molar-refractivity contribution >= 4 is 12.1 Å². The van der Waals surface area contributed by atoms with Crippen LogP contribution in [0.2, 0.25) is 0 Å². The van der Waals surface area contributed by atoms with Gasteiger partial charge in [-0.1, -0.05) is 6.07 Å². The fraction of sp³-hybridized carbons (Fsp3) is 0.652. The molecule has 146 valence electrons. The molecule has 0 unspecified atom stereocenters. The van der Waals surface area contributed by atoms with E-state index in [0.29, 0.717) is 31.0 Å². The molecule has 0 aromatic heterocycles.